The molecule has 2 nitrogen and oxygen atoms in total. The van der Waals surface area contributed by atoms with Crippen LogP contribution in [0.3, 0.4) is 0 Å². The largest absolute Gasteiger partial charge is 0.396 e. The first-order valence-electron chi connectivity index (χ1n) is 4.51. The molecule has 0 spiro atoms. The summed E-state index contributed by atoms with van der Waals surface area (Å²) in [5, 5.41) is 9.19. The third-order valence-corrected chi connectivity index (χ3v) is 2.52. The molecule has 0 amide bonds. The van der Waals surface area contributed by atoms with Gasteiger partial charge in [-0.25, -0.2) is 0 Å². The summed E-state index contributed by atoms with van der Waals surface area (Å²) in [7, 11) is 0. The van der Waals surface area contributed by atoms with Crippen molar-refractivity contribution in [2.75, 3.05) is 19.8 Å². The van der Waals surface area contributed by atoms with Crippen molar-refractivity contribution in [3.63, 3.8) is 0 Å². The summed E-state index contributed by atoms with van der Waals surface area (Å²) in [6.07, 6.45) is 4.49. The van der Waals surface area contributed by atoms with E-state index in [9.17, 15) is 5.11 Å². The van der Waals surface area contributed by atoms with Crippen molar-refractivity contribution in [1.82, 2.24) is 0 Å². The van der Waals surface area contributed by atoms with Gasteiger partial charge < -0.3 is 9.84 Å². The highest BCUT2D eigenvalue weighted by Crippen LogP contribution is 2.32. The highest BCUT2D eigenvalue weighted by atomic mass is 16.5. The Bertz CT molecular complexity index is 101. The molecule has 0 radical (unpaired) electrons. The van der Waals surface area contributed by atoms with Crippen LogP contribution in [0.1, 0.15) is 32.6 Å². The molecule has 0 aromatic rings. The summed E-state index contributed by atoms with van der Waals surface area (Å²) in [6, 6.07) is 0. The Morgan fingerprint density at radius 1 is 1.55 bits per heavy atom. The minimum absolute atomic E-state index is 0.104. The average molecular weight is 158 g/mol. The van der Waals surface area contributed by atoms with Crippen LogP contribution in [0.4, 0.5) is 0 Å². The second kappa shape index (κ2) is 4.07. The summed E-state index contributed by atoms with van der Waals surface area (Å²) in [6.45, 7) is 4.09. The normalized spacial score (nSPS) is 32.2. The maximum Gasteiger partial charge on any atom is 0.0544 e. The Morgan fingerprint density at radius 2 is 2.36 bits per heavy atom. The molecule has 0 bridgehead atoms. The van der Waals surface area contributed by atoms with E-state index in [2.05, 4.69) is 6.92 Å². The fraction of sp³-hybridized carbons (Fsp3) is 1.00. The molecule has 0 aromatic heterocycles. The molecule has 1 fully saturated rings. The van der Waals surface area contributed by atoms with E-state index >= 15 is 0 Å². The lowest BCUT2D eigenvalue weighted by atomic mass is 9.79. The van der Waals surface area contributed by atoms with Crippen molar-refractivity contribution in [2.45, 2.75) is 32.6 Å². The molecular weight excluding hydrogens is 140 g/mol. The lowest BCUT2D eigenvalue weighted by Gasteiger charge is -2.35. The first-order chi connectivity index (χ1) is 5.33. The van der Waals surface area contributed by atoms with E-state index in [0.717, 1.165) is 38.9 Å². The molecule has 11 heavy (non-hydrogen) atoms. The summed E-state index contributed by atoms with van der Waals surface area (Å²) in [5.74, 6) is 0. The summed E-state index contributed by atoms with van der Waals surface area (Å²) >= 11 is 0. The Labute approximate surface area is 68.6 Å². The Kier molecular flexibility index (Phi) is 3.34. The van der Waals surface area contributed by atoms with Crippen molar-refractivity contribution in [3.05, 3.63) is 0 Å². The quantitative estimate of drug-likeness (QED) is 0.675. The number of aliphatic hydroxyl groups excluding tert-OH is 1. The van der Waals surface area contributed by atoms with E-state index in [1.807, 2.05) is 0 Å². The molecule has 1 atom stereocenters. The van der Waals surface area contributed by atoms with Gasteiger partial charge in [-0.05, 0) is 19.3 Å². The number of hydrogen-bond donors (Lipinski definition) is 1. The molecule has 1 aliphatic rings. The van der Waals surface area contributed by atoms with E-state index < -0.39 is 0 Å². The molecule has 1 aliphatic heterocycles. The van der Waals surface area contributed by atoms with Crippen LogP contribution in [-0.4, -0.2) is 24.9 Å². The van der Waals surface area contributed by atoms with Crippen molar-refractivity contribution < 1.29 is 9.84 Å². The van der Waals surface area contributed by atoms with Crippen LogP contribution in [0.25, 0.3) is 0 Å². The van der Waals surface area contributed by atoms with Crippen LogP contribution < -0.4 is 0 Å². The summed E-state index contributed by atoms with van der Waals surface area (Å²) in [5.41, 5.74) is 0.104. The van der Waals surface area contributed by atoms with Crippen molar-refractivity contribution in [2.24, 2.45) is 5.41 Å². The molecule has 0 aromatic carbocycles. The topological polar surface area (TPSA) is 29.5 Å². The molecule has 1 N–H and O–H groups in total. The first kappa shape index (κ1) is 9.01. The van der Waals surface area contributed by atoms with Gasteiger partial charge in [-0.3, -0.25) is 0 Å². The second-order valence-corrected chi connectivity index (χ2v) is 3.56. The highest BCUT2D eigenvalue weighted by Gasteiger charge is 2.30. The van der Waals surface area contributed by atoms with E-state index in [1.165, 1.54) is 0 Å². The number of hydrogen-bond acceptors (Lipinski definition) is 2. The van der Waals surface area contributed by atoms with Crippen molar-refractivity contribution in [3.8, 4) is 0 Å². The first-order valence-corrected chi connectivity index (χ1v) is 4.51. The molecule has 0 saturated carbocycles. The maximum absolute atomic E-state index is 9.19. The summed E-state index contributed by atoms with van der Waals surface area (Å²) in [4.78, 5) is 0. The molecule has 1 rings (SSSR count). The molecule has 1 heterocycles. The third kappa shape index (κ3) is 2.17. The maximum atomic E-state index is 9.19. The Morgan fingerprint density at radius 3 is 2.82 bits per heavy atom. The van der Waals surface area contributed by atoms with E-state index in [0.29, 0.717) is 6.61 Å². The van der Waals surface area contributed by atoms with Crippen molar-refractivity contribution >= 4 is 0 Å². The van der Waals surface area contributed by atoms with Crippen LogP contribution >= 0.6 is 0 Å². The van der Waals surface area contributed by atoms with Gasteiger partial charge in [0.1, 0.15) is 0 Å². The molecule has 66 valence electrons. The van der Waals surface area contributed by atoms with Gasteiger partial charge in [0.15, 0.2) is 0 Å². The molecular formula is C9H18O2. The zero-order valence-electron chi connectivity index (χ0n) is 7.31. The van der Waals surface area contributed by atoms with Gasteiger partial charge in [0.05, 0.1) is 13.2 Å². The van der Waals surface area contributed by atoms with E-state index in [-0.39, 0.29) is 5.41 Å². The van der Waals surface area contributed by atoms with Gasteiger partial charge >= 0.3 is 0 Å². The predicted molar refractivity (Wildman–Crippen MR) is 44.5 cm³/mol. The smallest absolute Gasteiger partial charge is 0.0544 e. The van der Waals surface area contributed by atoms with Crippen molar-refractivity contribution in [1.29, 1.82) is 0 Å². The van der Waals surface area contributed by atoms with Gasteiger partial charge in [-0.15, -0.1) is 0 Å². The zero-order valence-corrected chi connectivity index (χ0v) is 7.31. The molecule has 2 heteroatoms. The Balaban J connectivity index is 2.42. The summed E-state index contributed by atoms with van der Waals surface area (Å²) < 4.78 is 5.37. The number of rotatable bonds is 3. The van der Waals surface area contributed by atoms with Gasteiger partial charge in [0.25, 0.3) is 0 Å². The minimum atomic E-state index is 0.104. The SMILES string of the molecule is CCCC1(CO)CCCOC1. The van der Waals surface area contributed by atoms with Crippen LogP contribution in [0.5, 0.6) is 0 Å². The lowest BCUT2D eigenvalue weighted by Crippen LogP contribution is -2.35. The number of aliphatic hydroxyl groups is 1. The van der Waals surface area contributed by atoms with E-state index in [1.54, 1.807) is 0 Å². The van der Waals surface area contributed by atoms with Crippen LogP contribution in [0.2, 0.25) is 0 Å². The van der Waals surface area contributed by atoms with Gasteiger partial charge in [-0.2, -0.15) is 0 Å². The molecule has 1 saturated heterocycles. The highest BCUT2D eigenvalue weighted by molar-refractivity contribution is 4.80. The fourth-order valence-corrected chi connectivity index (χ4v) is 1.84. The number of ether oxygens (including phenoxy) is 1. The average Bonchev–Trinajstić information content (AvgIpc) is 2.07. The van der Waals surface area contributed by atoms with Crippen LogP contribution in [-0.2, 0) is 4.74 Å². The Hall–Kier alpha value is -0.0800. The van der Waals surface area contributed by atoms with Gasteiger partial charge in [0, 0.05) is 12.0 Å². The standard InChI is InChI=1S/C9H18O2/c1-2-4-9(7-10)5-3-6-11-8-9/h10H,2-8H2,1H3. The van der Waals surface area contributed by atoms with Gasteiger partial charge in [-0.1, -0.05) is 13.3 Å². The van der Waals surface area contributed by atoms with Crippen LogP contribution in [0.15, 0.2) is 0 Å². The predicted octanol–water partition coefficient (Wildman–Crippen LogP) is 1.58. The zero-order chi connectivity index (χ0) is 8.16. The van der Waals surface area contributed by atoms with Gasteiger partial charge in [0.2, 0.25) is 0 Å². The second-order valence-electron chi connectivity index (χ2n) is 3.56. The minimum Gasteiger partial charge on any atom is -0.396 e. The lowest BCUT2D eigenvalue weighted by molar-refractivity contribution is -0.0431. The van der Waals surface area contributed by atoms with E-state index in [4.69, 9.17) is 4.74 Å². The molecule has 1 unspecified atom stereocenters. The van der Waals surface area contributed by atoms with Crippen LogP contribution in [0, 0.1) is 5.41 Å². The molecule has 0 aliphatic carbocycles. The monoisotopic (exact) mass is 158 g/mol. The fourth-order valence-electron chi connectivity index (χ4n) is 1.84. The third-order valence-electron chi connectivity index (χ3n) is 2.52.